The van der Waals surface area contributed by atoms with E-state index in [9.17, 15) is 4.79 Å². The first-order valence-corrected chi connectivity index (χ1v) is 9.58. The second-order valence-corrected chi connectivity index (χ2v) is 6.63. The van der Waals surface area contributed by atoms with Gasteiger partial charge in [-0.3, -0.25) is 15.6 Å². The Bertz CT molecular complexity index is 1150. The van der Waals surface area contributed by atoms with Gasteiger partial charge in [-0.15, -0.1) is 0 Å². The zero-order valence-corrected chi connectivity index (χ0v) is 16.5. The molecule has 0 atom stereocenters. The van der Waals surface area contributed by atoms with Gasteiger partial charge in [-0.1, -0.05) is 66.7 Å². The lowest BCUT2D eigenvalue weighted by Crippen LogP contribution is -2.34. The number of hydrazine groups is 1. The summed E-state index contributed by atoms with van der Waals surface area (Å²) in [5.74, 6) is 0.545. The molecule has 148 valence electrons. The Morgan fingerprint density at radius 3 is 2.10 bits per heavy atom. The fraction of sp³-hybridized carbons (Fsp3) is 0.0417. The van der Waals surface area contributed by atoms with Crippen LogP contribution in [-0.4, -0.2) is 21.4 Å². The van der Waals surface area contributed by atoms with Crippen LogP contribution >= 0.6 is 0 Å². The Kier molecular flexibility index (Phi) is 5.66. The van der Waals surface area contributed by atoms with Crippen LogP contribution < -0.4 is 10.9 Å². The van der Waals surface area contributed by atoms with Crippen molar-refractivity contribution in [1.29, 1.82) is 0 Å². The van der Waals surface area contributed by atoms with Crippen molar-refractivity contribution in [2.24, 2.45) is 4.99 Å². The Hall–Kier alpha value is -4.19. The number of aliphatic imine (C=N–C) groups is 1. The van der Waals surface area contributed by atoms with E-state index in [4.69, 9.17) is 5.10 Å². The van der Waals surface area contributed by atoms with E-state index < -0.39 is 0 Å². The number of aromatic nitrogens is 2. The summed E-state index contributed by atoms with van der Waals surface area (Å²) in [7, 11) is 0. The zero-order chi connectivity index (χ0) is 20.8. The smallest absolute Gasteiger partial charge is 0.196 e. The summed E-state index contributed by atoms with van der Waals surface area (Å²) in [4.78, 5) is 16.8. The Labute approximate surface area is 174 Å². The zero-order valence-electron chi connectivity index (χ0n) is 16.5. The van der Waals surface area contributed by atoms with Gasteiger partial charge in [-0.2, -0.15) is 5.10 Å². The average Bonchev–Trinajstić information content (AvgIpc) is 3.22. The van der Waals surface area contributed by atoms with Crippen LogP contribution in [0.1, 0.15) is 6.92 Å². The van der Waals surface area contributed by atoms with Gasteiger partial charge in [-0.05, 0) is 24.3 Å². The first-order chi connectivity index (χ1) is 14.7. The minimum absolute atomic E-state index is 0.190. The molecule has 0 saturated carbocycles. The molecule has 0 unspecified atom stereocenters. The van der Waals surface area contributed by atoms with E-state index in [1.807, 2.05) is 97.1 Å². The summed E-state index contributed by atoms with van der Waals surface area (Å²) in [6, 6.07) is 31.0. The number of nitrogens with zero attached hydrogens (tertiary/aromatic N) is 3. The highest BCUT2D eigenvalue weighted by molar-refractivity contribution is 6.38. The van der Waals surface area contributed by atoms with Crippen LogP contribution in [0.3, 0.4) is 0 Å². The number of benzene rings is 3. The van der Waals surface area contributed by atoms with E-state index in [1.165, 1.54) is 6.92 Å². The van der Waals surface area contributed by atoms with Gasteiger partial charge in [0.05, 0.1) is 17.1 Å². The van der Waals surface area contributed by atoms with E-state index in [2.05, 4.69) is 15.8 Å². The third kappa shape index (κ3) is 4.44. The van der Waals surface area contributed by atoms with Crippen LogP contribution in [0.25, 0.3) is 16.9 Å². The minimum atomic E-state index is -0.194. The molecule has 0 aliphatic heterocycles. The number of hydrogen-bond acceptors (Lipinski definition) is 4. The lowest BCUT2D eigenvalue weighted by atomic mass is 10.2. The topological polar surface area (TPSA) is 71.3 Å². The maximum atomic E-state index is 12.2. The number of nitrogens with one attached hydrogen (secondary N) is 2. The van der Waals surface area contributed by atoms with Crippen LogP contribution in [0.5, 0.6) is 0 Å². The molecule has 6 nitrogen and oxygen atoms in total. The van der Waals surface area contributed by atoms with Crippen molar-refractivity contribution < 1.29 is 4.79 Å². The van der Waals surface area contributed by atoms with E-state index in [1.54, 1.807) is 4.68 Å². The van der Waals surface area contributed by atoms with Crippen LogP contribution in [0.15, 0.2) is 102 Å². The fourth-order valence-corrected chi connectivity index (χ4v) is 2.92. The van der Waals surface area contributed by atoms with Crippen LogP contribution in [0.2, 0.25) is 0 Å². The second-order valence-electron chi connectivity index (χ2n) is 6.63. The average molecular weight is 395 g/mol. The molecule has 30 heavy (non-hydrogen) atoms. The SMILES string of the molecule is CC(=O)/C(=N\c1cc(-c2ccccc2)nn1-c1ccccc1)NNc1ccccc1. The van der Waals surface area contributed by atoms with Crippen LogP contribution in [0, 0.1) is 0 Å². The summed E-state index contributed by atoms with van der Waals surface area (Å²) in [5, 5.41) is 4.73. The van der Waals surface area contributed by atoms with Crippen LogP contribution in [-0.2, 0) is 4.79 Å². The van der Waals surface area contributed by atoms with Crippen molar-refractivity contribution in [3.63, 3.8) is 0 Å². The molecule has 0 aliphatic rings. The molecule has 3 aromatic carbocycles. The normalized spacial score (nSPS) is 11.2. The van der Waals surface area contributed by atoms with E-state index in [0.717, 1.165) is 22.6 Å². The molecule has 4 aromatic rings. The third-order valence-corrected chi connectivity index (χ3v) is 4.42. The molecule has 0 aliphatic carbocycles. The van der Waals surface area contributed by atoms with Gasteiger partial charge in [0.25, 0.3) is 0 Å². The van der Waals surface area contributed by atoms with Crippen molar-refractivity contribution in [3.8, 4) is 16.9 Å². The Balaban J connectivity index is 1.73. The van der Waals surface area contributed by atoms with Crippen molar-refractivity contribution in [2.45, 2.75) is 6.92 Å². The van der Waals surface area contributed by atoms with Gasteiger partial charge in [0.1, 0.15) is 0 Å². The van der Waals surface area contributed by atoms with E-state index in [-0.39, 0.29) is 11.6 Å². The molecular weight excluding hydrogens is 374 g/mol. The van der Waals surface area contributed by atoms with Gasteiger partial charge in [-0.25, -0.2) is 9.67 Å². The third-order valence-electron chi connectivity index (χ3n) is 4.42. The van der Waals surface area contributed by atoms with E-state index >= 15 is 0 Å². The predicted octanol–water partition coefficient (Wildman–Crippen LogP) is 4.78. The molecule has 4 rings (SSSR count). The maximum absolute atomic E-state index is 12.2. The van der Waals surface area contributed by atoms with Gasteiger partial charge in [0.15, 0.2) is 17.4 Å². The number of ketones is 1. The van der Waals surface area contributed by atoms with Gasteiger partial charge < -0.3 is 0 Å². The highest BCUT2D eigenvalue weighted by Gasteiger charge is 2.13. The number of carbonyl (C=O) groups excluding carboxylic acids is 1. The van der Waals surface area contributed by atoms with Crippen molar-refractivity contribution >= 4 is 23.1 Å². The molecule has 0 amide bonds. The quantitative estimate of drug-likeness (QED) is 0.280. The molecular formula is C24H21N5O. The first-order valence-electron chi connectivity index (χ1n) is 9.58. The van der Waals surface area contributed by atoms with Crippen molar-refractivity contribution in [2.75, 3.05) is 5.43 Å². The minimum Gasteiger partial charge on any atom is -0.300 e. The monoisotopic (exact) mass is 395 g/mol. The molecule has 2 N–H and O–H groups in total. The number of hydrogen-bond donors (Lipinski definition) is 2. The van der Waals surface area contributed by atoms with Gasteiger partial charge in [0.2, 0.25) is 0 Å². The molecule has 1 aromatic heterocycles. The summed E-state index contributed by atoms with van der Waals surface area (Å²) >= 11 is 0. The van der Waals surface area contributed by atoms with Crippen molar-refractivity contribution in [1.82, 2.24) is 15.2 Å². The van der Waals surface area contributed by atoms with E-state index in [0.29, 0.717) is 5.82 Å². The lowest BCUT2D eigenvalue weighted by Gasteiger charge is -2.10. The molecule has 6 heteroatoms. The standard InChI is InChI=1S/C24H21N5O/c1-18(30)24(27-26-20-13-7-3-8-14-20)25-23-17-22(19-11-5-2-6-12-19)28-29(23)21-15-9-4-10-16-21/h2-17,26H,1H3,(H,25,27). The molecule has 0 spiro atoms. The summed E-state index contributed by atoms with van der Waals surface area (Å²) in [5.41, 5.74) is 9.37. The predicted molar refractivity (Wildman–Crippen MR) is 120 cm³/mol. The van der Waals surface area contributed by atoms with Crippen molar-refractivity contribution in [3.05, 3.63) is 97.1 Å². The molecule has 0 radical (unpaired) electrons. The molecule has 0 saturated heterocycles. The first kappa shape index (κ1) is 19.1. The molecule has 1 heterocycles. The maximum Gasteiger partial charge on any atom is 0.196 e. The number of anilines is 1. The largest absolute Gasteiger partial charge is 0.300 e. The number of Topliss-reactive ketones (excluding diaryl/α,β-unsaturated/α-hetero) is 1. The molecule has 0 bridgehead atoms. The second kappa shape index (κ2) is 8.87. The number of rotatable bonds is 6. The summed E-state index contributed by atoms with van der Waals surface area (Å²) in [6.45, 7) is 1.47. The number of amidine groups is 1. The lowest BCUT2D eigenvalue weighted by molar-refractivity contribution is -0.111. The number of carbonyl (C=O) groups is 1. The Morgan fingerprint density at radius 2 is 1.47 bits per heavy atom. The number of para-hydroxylation sites is 2. The van der Waals surface area contributed by atoms with Gasteiger partial charge in [0, 0.05) is 18.6 Å². The fourth-order valence-electron chi connectivity index (χ4n) is 2.92. The molecule has 0 fully saturated rings. The van der Waals surface area contributed by atoms with Gasteiger partial charge >= 0.3 is 0 Å². The summed E-state index contributed by atoms with van der Waals surface area (Å²) < 4.78 is 1.73. The highest BCUT2D eigenvalue weighted by Crippen LogP contribution is 2.26. The highest BCUT2D eigenvalue weighted by atomic mass is 16.1. The van der Waals surface area contributed by atoms with Crippen LogP contribution in [0.4, 0.5) is 11.5 Å². The Morgan fingerprint density at radius 1 is 0.867 bits per heavy atom. The summed E-state index contributed by atoms with van der Waals surface area (Å²) in [6.07, 6.45) is 0.